The Morgan fingerprint density at radius 2 is 1.53 bits per heavy atom. The van der Waals surface area contributed by atoms with E-state index in [-0.39, 0.29) is 0 Å². The Balaban J connectivity index is 0. The van der Waals surface area contributed by atoms with Crippen LogP contribution in [0.4, 0.5) is 0 Å². The number of rotatable bonds is 2. The van der Waals surface area contributed by atoms with Crippen molar-refractivity contribution in [1.82, 2.24) is 0 Å². The summed E-state index contributed by atoms with van der Waals surface area (Å²) >= 11 is 0. The molecule has 0 saturated carbocycles. The molecule has 15 heavy (non-hydrogen) atoms. The van der Waals surface area contributed by atoms with Crippen LogP contribution in [0.5, 0.6) is 0 Å². The largest absolute Gasteiger partial charge is 0.0991 e. The normalized spacial score (nSPS) is 15.0. The van der Waals surface area contributed by atoms with Crippen molar-refractivity contribution in [2.24, 2.45) is 0 Å². The summed E-state index contributed by atoms with van der Waals surface area (Å²) in [6, 6.07) is 0. The molecule has 1 rings (SSSR count). The lowest BCUT2D eigenvalue weighted by Crippen LogP contribution is -1.94. The van der Waals surface area contributed by atoms with Crippen molar-refractivity contribution in [3.63, 3.8) is 0 Å². The average Bonchev–Trinajstić information content (AvgIpc) is 2.33. The van der Waals surface area contributed by atoms with E-state index in [1.165, 1.54) is 31.3 Å². The van der Waals surface area contributed by atoms with Crippen LogP contribution in [0.1, 0.15) is 60.3 Å². The minimum Gasteiger partial charge on any atom is -0.0991 e. The second kappa shape index (κ2) is 13.2. The first kappa shape index (κ1) is 16.6. The number of hydrogen-bond donors (Lipinski definition) is 0. The van der Waals surface area contributed by atoms with Gasteiger partial charge in [0.05, 0.1) is 0 Å². The molecule has 0 unspecified atom stereocenters. The molecule has 0 bridgehead atoms. The third kappa shape index (κ3) is 8.23. The predicted molar refractivity (Wildman–Crippen MR) is 73.2 cm³/mol. The molecule has 0 fully saturated rings. The molecular weight excluding hydrogens is 180 g/mol. The zero-order chi connectivity index (χ0) is 12.1. The fraction of sp³-hybridized carbons (Fsp3) is 0.600. The van der Waals surface area contributed by atoms with Gasteiger partial charge in [0.1, 0.15) is 0 Å². The van der Waals surface area contributed by atoms with Gasteiger partial charge in [-0.15, -0.1) is 0 Å². The maximum absolute atomic E-state index is 3.66. The average molecular weight is 208 g/mol. The van der Waals surface area contributed by atoms with Gasteiger partial charge < -0.3 is 0 Å². The lowest BCUT2D eigenvalue weighted by atomic mass is 9.92. The van der Waals surface area contributed by atoms with E-state index < -0.39 is 0 Å². The van der Waals surface area contributed by atoms with E-state index in [1.54, 1.807) is 5.57 Å². The van der Waals surface area contributed by atoms with E-state index in [4.69, 9.17) is 0 Å². The van der Waals surface area contributed by atoms with Crippen LogP contribution in [-0.2, 0) is 0 Å². The third-order valence-corrected chi connectivity index (χ3v) is 2.23. The van der Waals surface area contributed by atoms with E-state index in [0.29, 0.717) is 0 Å². The molecule has 0 saturated heterocycles. The molecule has 0 heterocycles. The molecule has 0 spiro atoms. The highest BCUT2D eigenvalue weighted by Gasteiger charge is 2.04. The maximum atomic E-state index is 3.66. The van der Waals surface area contributed by atoms with Crippen molar-refractivity contribution in [3.05, 3.63) is 36.0 Å². The van der Waals surface area contributed by atoms with Crippen LogP contribution < -0.4 is 0 Å². The lowest BCUT2D eigenvalue weighted by Gasteiger charge is -2.13. The summed E-state index contributed by atoms with van der Waals surface area (Å²) in [6.07, 6.45) is 11.3. The first-order chi connectivity index (χ1) is 7.34. The van der Waals surface area contributed by atoms with Crippen molar-refractivity contribution >= 4 is 0 Å². The molecule has 0 aromatic rings. The van der Waals surface area contributed by atoms with Crippen LogP contribution in [0.15, 0.2) is 36.0 Å². The summed E-state index contributed by atoms with van der Waals surface area (Å²) in [4.78, 5) is 0. The summed E-state index contributed by atoms with van der Waals surface area (Å²) < 4.78 is 0. The van der Waals surface area contributed by atoms with Gasteiger partial charge in [-0.25, -0.2) is 0 Å². The summed E-state index contributed by atoms with van der Waals surface area (Å²) in [5.41, 5.74) is 3.09. The topological polar surface area (TPSA) is 0 Å². The van der Waals surface area contributed by atoms with Gasteiger partial charge in [-0.05, 0) is 38.2 Å². The Bertz CT molecular complexity index is 194. The fourth-order valence-electron chi connectivity index (χ4n) is 1.49. The third-order valence-electron chi connectivity index (χ3n) is 2.23. The first-order valence-electron chi connectivity index (χ1n) is 6.32. The summed E-state index contributed by atoms with van der Waals surface area (Å²) in [7, 11) is 0. The molecule has 0 radical (unpaired) electrons. The van der Waals surface area contributed by atoms with Gasteiger partial charge in [0.2, 0.25) is 0 Å². The number of allylic oxidation sites excluding steroid dienone is 5. The molecule has 0 atom stereocenters. The molecule has 0 aromatic carbocycles. The van der Waals surface area contributed by atoms with Gasteiger partial charge in [0.15, 0.2) is 0 Å². The predicted octanol–water partition coefficient (Wildman–Crippen LogP) is 5.67. The highest BCUT2D eigenvalue weighted by molar-refractivity contribution is 5.28. The van der Waals surface area contributed by atoms with Gasteiger partial charge in [-0.2, -0.15) is 0 Å². The van der Waals surface area contributed by atoms with Crippen molar-refractivity contribution in [1.29, 1.82) is 0 Å². The van der Waals surface area contributed by atoms with Crippen LogP contribution in [0.3, 0.4) is 0 Å². The summed E-state index contributed by atoms with van der Waals surface area (Å²) in [6.45, 7) is 13.9. The molecule has 0 aromatic heterocycles. The summed E-state index contributed by atoms with van der Waals surface area (Å²) in [5.74, 6) is 0. The van der Waals surface area contributed by atoms with E-state index in [2.05, 4.69) is 19.6 Å². The Labute approximate surface area is 96.8 Å². The van der Waals surface area contributed by atoms with E-state index in [9.17, 15) is 0 Å². The Hall–Kier alpha value is -0.780. The van der Waals surface area contributed by atoms with Crippen LogP contribution in [-0.4, -0.2) is 0 Å². The van der Waals surface area contributed by atoms with Crippen LogP contribution >= 0.6 is 0 Å². The maximum Gasteiger partial charge on any atom is -0.0279 e. The molecule has 0 amide bonds. The molecule has 1 aliphatic carbocycles. The van der Waals surface area contributed by atoms with Gasteiger partial charge in [0.25, 0.3) is 0 Å². The van der Waals surface area contributed by atoms with Gasteiger partial charge >= 0.3 is 0 Å². The molecule has 1 aliphatic rings. The molecule has 0 aliphatic heterocycles. The van der Waals surface area contributed by atoms with Crippen molar-refractivity contribution < 1.29 is 0 Å². The highest BCUT2D eigenvalue weighted by Crippen LogP contribution is 2.24. The highest BCUT2D eigenvalue weighted by atomic mass is 14.1. The Morgan fingerprint density at radius 3 is 2.00 bits per heavy atom. The van der Waals surface area contributed by atoms with Crippen LogP contribution in [0.25, 0.3) is 0 Å². The second-order valence-electron chi connectivity index (χ2n) is 3.11. The molecule has 0 N–H and O–H groups in total. The van der Waals surface area contributed by atoms with Crippen molar-refractivity contribution in [2.45, 2.75) is 60.3 Å². The van der Waals surface area contributed by atoms with Crippen LogP contribution in [0.2, 0.25) is 0 Å². The van der Waals surface area contributed by atoms with Gasteiger partial charge in [-0.1, -0.05) is 58.1 Å². The minimum atomic E-state index is 1.26. The van der Waals surface area contributed by atoms with E-state index in [1.807, 2.05) is 39.8 Å². The fourth-order valence-corrected chi connectivity index (χ4v) is 1.49. The minimum absolute atomic E-state index is 1.26. The monoisotopic (exact) mass is 208 g/mol. The first-order valence-corrected chi connectivity index (χ1v) is 6.32. The summed E-state index contributed by atoms with van der Waals surface area (Å²) in [5, 5.41) is 0. The zero-order valence-corrected chi connectivity index (χ0v) is 11.3. The second-order valence-corrected chi connectivity index (χ2v) is 3.11. The van der Waals surface area contributed by atoms with Crippen LogP contribution in [0, 0.1) is 0 Å². The quantitative estimate of drug-likeness (QED) is 0.513. The Kier molecular flexibility index (Phi) is 14.7. The Morgan fingerprint density at radius 1 is 1.00 bits per heavy atom. The van der Waals surface area contributed by atoms with E-state index >= 15 is 0 Å². The van der Waals surface area contributed by atoms with Gasteiger partial charge in [-0.3, -0.25) is 0 Å². The smallest absolute Gasteiger partial charge is 0.0279 e. The molecular formula is C15H28. The van der Waals surface area contributed by atoms with Crippen molar-refractivity contribution in [3.8, 4) is 0 Å². The SMILES string of the molecule is C=C/C=C\C1=C(C)CCCC1.CC.CC. The lowest BCUT2D eigenvalue weighted by molar-refractivity contribution is 0.683. The molecule has 0 heteroatoms. The molecule has 0 nitrogen and oxygen atoms in total. The van der Waals surface area contributed by atoms with Gasteiger partial charge in [0, 0.05) is 0 Å². The number of hydrogen-bond acceptors (Lipinski definition) is 0. The zero-order valence-electron chi connectivity index (χ0n) is 11.3. The standard InChI is InChI=1S/C11H16.2C2H6/c1-3-4-8-11-9-6-5-7-10(11)2;2*1-2/h3-4,8H,1,5-7,9H2,2H3;2*1-2H3/b8-4-;;. The van der Waals surface area contributed by atoms with Crippen molar-refractivity contribution in [2.75, 3.05) is 0 Å². The molecule has 88 valence electrons. The van der Waals surface area contributed by atoms with E-state index in [0.717, 1.165) is 0 Å².